The van der Waals surface area contributed by atoms with Crippen molar-refractivity contribution in [1.82, 2.24) is 15.1 Å². The standard InChI is InChI=1S/C17H21FN4O/c1-2-16-14(17(23)20-10-15(19)11-3-4-11)9-21-22(16)13-7-5-12(18)6-8-13/h5-9,11,15H,2-4,10,19H2,1H3,(H,20,23). The molecule has 0 aliphatic heterocycles. The van der Waals surface area contributed by atoms with E-state index in [-0.39, 0.29) is 17.8 Å². The number of carbonyl (C=O) groups excluding carboxylic acids is 1. The first-order valence-electron chi connectivity index (χ1n) is 7.96. The molecule has 3 N–H and O–H groups in total. The van der Waals surface area contributed by atoms with Crippen LogP contribution in [-0.2, 0) is 6.42 Å². The molecule has 1 heterocycles. The van der Waals surface area contributed by atoms with E-state index in [1.807, 2.05) is 6.92 Å². The van der Waals surface area contributed by atoms with Crippen molar-refractivity contribution < 1.29 is 9.18 Å². The summed E-state index contributed by atoms with van der Waals surface area (Å²) in [6.45, 7) is 2.44. The summed E-state index contributed by atoms with van der Waals surface area (Å²) in [5.41, 5.74) is 8.09. The average Bonchev–Trinajstić information content (AvgIpc) is 3.32. The van der Waals surface area contributed by atoms with Gasteiger partial charge >= 0.3 is 0 Å². The Morgan fingerprint density at radius 1 is 1.43 bits per heavy atom. The highest BCUT2D eigenvalue weighted by Gasteiger charge is 2.28. The van der Waals surface area contributed by atoms with Gasteiger partial charge in [-0.1, -0.05) is 6.92 Å². The highest BCUT2D eigenvalue weighted by molar-refractivity contribution is 5.95. The fourth-order valence-electron chi connectivity index (χ4n) is 2.71. The minimum atomic E-state index is -0.300. The SMILES string of the molecule is CCc1c(C(=O)NCC(N)C2CC2)cnn1-c1ccc(F)cc1. The normalized spacial score (nSPS) is 15.4. The van der Waals surface area contributed by atoms with Crippen molar-refractivity contribution in [2.24, 2.45) is 11.7 Å². The third-order valence-corrected chi connectivity index (χ3v) is 4.25. The molecule has 1 aliphatic carbocycles. The molecule has 0 spiro atoms. The molecule has 122 valence electrons. The van der Waals surface area contributed by atoms with Crippen LogP contribution in [0, 0.1) is 11.7 Å². The van der Waals surface area contributed by atoms with Crippen molar-refractivity contribution in [2.75, 3.05) is 6.54 Å². The third-order valence-electron chi connectivity index (χ3n) is 4.25. The van der Waals surface area contributed by atoms with Crippen molar-refractivity contribution in [3.05, 3.63) is 47.5 Å². The van der Waals surface area contributed by atoms with Crippen LogP contribution in [0.2, 0.25) is 0 Å². The Balaban J connectivity index is 1.77. The van der Waals surface area contributed by atoms with Crippen molar-refractivity contribution in [3.8, 4) is 5.69 Å². The number of rotatable bonds is 6. The van der Waals surface area contributed by atoms with E-state index in [0.717, 1.165) is 24.2 Å². The van der Waals surface area contributed by atoms with Gasteiger partial charge in [0.05, 0.1) is 23.1 Å². The number of benzene rings is 1. The molecule has 1 amide bonds. The molecule has 0 saturated heterocycles. The Kier molecular flexibility index (Phi) is 4.43. The summed E-state index contributed by atoms with van der Waals surface area (Å²) < 4.78 is 14.7. The van der Waals surface area contributed by atoms with Gasteiger partial charge in [-0.3, -0.25) is 4.79 Å². The fourth-order valence-corrected chi connectivity index (χ4v) is 2.71. The first-order valence-corrected chi connectivity index (χ1v) is 7.96. The van der Waals surface area contributed by atoms with Crippen molar-refractivity contribution in [3.63, 3.8) is 0 Å². The van der Waals surface area contributed by atoms with E-state index < -0.39 is 0 Å². The number of nitrogens with zero attached hydrogens (tertiary/aromatic N) is 2. The van der Waals surface area contributed by atoms with Crippen LogP contribution in [0.5, 0.6) is 0 Å². The molecular weight excluding hydrogens is 295 g/mol. The van der Waals surface area contributed by atoms with Gasteiger partial charge in [-0.25, -0.2) is 9.07 Å². The van der Waals surface area contributed by atoms with Gasteiger partial charge in [-0.05, 0) is 49.4 Å². The number of aromatic nitrogens is 2. The Hall–Kier alpha value is -2.21. The lowest BCUT2D eigenvalue weighted by Crippen LogP contribution is -2.38. The molecule has 1 atom stereocenters. The molecule has 0 radical (unpaired) electrons. The summed E-state index contributed by atoms with van der Waals surface area (Å²) in [7, 11) is 0. The van der Waals surface area contributed by atoms with E-state index in [2.05, 4.69) is 10.4 Å². The summed E-state index contributed by atoms with van der Waals surface area (Å²) in [6.07, 6.45) is 4.51. The summed E-state index contributed by atoms with van der Waals surface area (Å²) in [5.74, 6) is 0.0835. The second-order valence-corrected chi connectivity index (χ2v) is 5.96. The number of hydrogen-bond acceptors (Lipinski definition) is 3. The molecule has 1 fully saturated rings. The summed E-state index contributed by atoms with van der Waals surface area (Å²) in [4.78, 5) is 12.4. The van der Waals surface area contributed by atoms with Crippen LogP contribution < -0.4 is 11.1 Å². The molecule has 5 nitrogen and oxygen atoms in total. The van der Waals surface area contributed by atoms with Gasteiger partial charge in [0, 0.05) is 12.6 Å². The lowest BCUT2D eigenvalue weighted by molar-refractivity contribution is 0.0949. The molecule has 1 aliphatic rings. The number of nitrogens with two attached hydrogens (primary N) is 1. The van der Waals surface area contributed by atoms with Gasteiger partial charge in [0.2, 0.25) is 0 Å². The topological polar surface area (TPSA) is 72.9 Å². The zero-order valence-corrected chi connectivity index (χ0v) is 13.1. The predicted molar refractivity (Wildman–Crippen MR) is 85.9 cm³/mol. The van der Waals surface area contributed by atoms with Crippen LogP contribution in [-0.4, -0.2) is 28.3 Å². The van der Waals surface area contributed by atoms with E-state index in [1.165, 1.54) is 12.1 Å². The van der Waals surface area contributed by atoms with E-state index in [1.54, 1.807) is 23.0 Å². The summed E-state index contributed by atoms with van der Waals surface area (Å²) >= 11 is 0. The lowest BCUT2D eigenvalue weighted by atomic mass is 10.1. The number of amides is 1. The smallest absolute Gasteiger partial charge is 0.254 e. The maximum absolute atomic E-state index is 13.1. The number of carbonyl (C=O) groups is 1. The molecule has 1 aromatic heterocycles. The maximum Gasteiger partial charge on any atom is 0.254 e. The highest BCUT2D eigenvalue weighted by Crippen LogP contribution is 2.31. The second-order valence-electron chi connectivity index (χ2n) is 5.96. The van der Waals surface area contributed by atoms with Crippen molar-refractivity contribution >= 4 is 5.91 Å². The fraction of sp³-hybridized carbons (Fsp3) is 0.412. The zero-order chi connectivity index (χ0) is 16.4. The van der Waals surface area contributed by atoms with Crippen LogP contribution in [0.3, 0.4) is 0 Å². The lowest BCUT2D eigenvalue weighted by Gasteiger charge is -2.12. The molecule has 1 saturated carbocycles. The molecular formula is C17H21FN4O. The first kappa shape index (κ1) is 15.7. The zero-order valence-electron chi connectivity index (χ0n) is 13.1. The van der Waals surface area contributed by atoms with Gasteiger partial charge in [0.1, 0.15) is 5.82 Å². The van der Waals surface area contributed by atoms with Gasteiger partial charge in [0.25, 0.3) is 5.91 Å². The van der Waals surface area contributed by atoms with E-state index in [9.17, 15) is 9.18 Å². The Labute approximate surface area is 134 Å². The van der Waals surface area contributed by atoms with Crippen molar-refractivity contribution in [2.45, 2.75) is 32.2 Å². The highest BCUT2D eigenvalue weighted by atomic mass is 19.1. The maximum atomic E-state index is 13.1. The van der Waals surface area contributed by atoms with Crippen LogP contribution in [0.4, 0.5) is 4.39 Å². The number of hydrogen-bond donors (Lipinski definition) is 2. The molecule has 1 aromatic carbocycles. The van der Waals surface area contributed by atoms with Gasteiger partial charge in [0.15, 0.2) is 0 Å². The molecule has 3 rings (SSSR count). The van der Waals surface area contributed by atoms with Crippen LogP contribution in [0.1, 0.15) is 35.8 Å². The van der Waals surface area contributed by atoms with Crippen LogP contribution in [0.25, 0.3) is 5.69 Å². The molecule has 1 unspecified atom stereocenters. The molecule has 23 heavy (non-hydrogen) atoms. The average molecular weight is 316 g/mol. The molecule has 6 heteroatoms. The van der Waals surface area contributed by atoms with E-state index in [0.29, 0.717) is 24.4 Å². The van der Waals surface area contributed by atoms with Gasteiger partial charge in [-0.2, -0.15) is 5.10 Å². The Morgan fingerprint density at radius 3 is 2.74 bits per heavy atom. The van der Waals surface area contributed by atoms with Crippen LogP contribution in [0.15, 0.2) is 30.5 Å². The van der Waals surface area contributed by atoms with Gasteiger partial charge < -0.3 is 11.1 Å². The first-order chi connectivity index (χ1) is 11.1. The second kappa shape index (κ2) is 6.50. The summed E-state index contributed by atoms with van der Waals surface area (Å²) in [6, 6.07) is 6.07. The Bertz CT molecular complexity index is 691. The van der Waals surface area contributed by atoms with Gasteiger partial charge in [-0.15, -0.1) is 0 Å². The van der Waals surface area contributed by atoms with E-state index >= 15 is 0 Å². The predicted octanol–water partition coefficient (Wildman–Crippen LogP) is 2.04. The minimum Gasteiger partial charge on any atom is -0.350 e. The monoisotopic (exact) mass is 316 g/mol. The number of halogens is 1. The molecule has 2 aromatic rings. The van der Waals surface area contributed by atoms with E-state index in [4.69, 9.17) is 5.73 Å². The molecule has 0 bridgehead atoms. The largest absolute Gasteiger partial charge is 0.350 e. The van der Waals surface area contributed by atoms with Crippen LogP contribution >= 0.6 is 0 Å². The quantitative estimate of drug-likeness (QED) is 0.856. The minimum absolute atomic E-state index is 0.0242. The van der Waals surface area contributed by atoms with Crippen molar-refractivity contribution in [1.29, 1.82) is 0 Å². The third kappa shape index (κ3) is 3.42. The Morgan fingerprint density at radius 2 is 2.13 bits per heavy atom. The summed E-state index contributed by atoms with van der Waals surface area (Å²) in [5, 5.41) is 7.18. The number of nitrogens with one attached hydrogen (secondary N) is 1.